The van der Waals surface area contributed by atoms with Gasteiger partial charge in [-0.05, 0) is 59.6 Å². The number of rotatable bonds is 6. The number of nitrogens with zero attached hydrogens (tertiary/aromatic N) is 7. The molecule has 39 heavy (non-hydrogen) atoms. The number of hydrogen-bond acceptors (Lipinski definition) is 9. The van der Waals surface area contributed by atoms with Gasteiger partial charge in [0.1, 0.15) is 17.2 Å². The normalized spacial score (nSPS) is 15.9. The number of nitrogens with one attached hydrogen (secondary N) is 2. The van der Waals surface area contributed by atoms with Crippen molar-refractivity contribution in [2.45, 2.75) is 66.5 Å². The Kier molecular flexibility index (Phi) is 7.94. The molecule has 0 aromatic carbocycles. The number of halogens is 1. The van der Waals surface area contributed by atoms with Crippen molar-refractivity contribution in [1.82, 2.24) is 29.6 Å². The number of aryl methyl sites for hydroxylation is 4. The minimum atomic E-state index is -0.557. The van der Waals surface area contributed by atoms with E-state index in [9.17, 15) is 9.18 Å². The molecule has 4 rings (SSSR count). The Labute approximate surface area is 228 Å². The monoisotopic (exact) mass is 539 g/mol. The molecule has 12 heteroatoms. The summed E-state index contributed by atoms with van der Waals surface area (Å²) in [4.78, 5) is 30.2. The van der Waals surface area contributed by atoms with E-state index in [2.05, 4.69) is 30.6 Å². The number of aromatic nitrogens is 5. The summed E-state index contributed by atoms with van der Waals surface area (Å²) >= 11 is 0. The number of carbonyl (C=O) groups excluding carboxylic acids is 1. The van der Waals surface area contributed by atoms with Gasteiger partial charge in [0.15, 0.2) is 11.6 Å². The Bertz CT molecular complexity index is 1330. The van der Waals surface area contributed by atoms with Crippen LogP contribution in [0.3, 0.4) is 0 Å². The van der Waals surface area contributed by atoms with Crippen LogP contribution in [0.25, 0.3) is 0 Å². The van der Waals surface area contributed by atoms with Crippen LogP contribution in [0.5, 0.6) is 0 Å². The molecule has 11 nitrogen and oxygen atoms in total. The minimum absolute atomic E-state index is 0.0878. The summed E-state index contributed by atoms with van der Waals surface area (Å²) in [7, 11) is 1.87. The molecule has 1 atom stereocenters. The van der Waals surface area contributed by atoms with Crippen molar-refractivity contribution in [2.75, 3.05) is 35.2 Å². The van der Waals surface area contributed by atoms with E-state index in [1.807, 2.05) is 54.7 Å². The zero-order chi connectivity index (χ0) is 28.5. The van der Waals surface area contributed by atoms with E-state index in [0.29, 0.717) is 60.7 Å². The Hall–Kier alpha value is -3.96. The van der Waals surface area contributed by atoms with Gasteiger partial charge in [-0.25, -0.2) is 19.2 Å². The largest absolute Gasteiger partial charge is 0.444 e. The van der Waals surface area contributed by atoms with Gasteiger partial charge < -0.3 is 25.2 Å². The summed E-state index contributed by atoms with van der Waals surface area (Å²) in [5.74, 6) is 1.68. The zero-order valence-electron chi connectivity index (χ0n) is 24.0. The molecule has 4 heterocycles. The number of pyridine rings is 1. The van der Waals surface area contributed by atoms with Gasteiger partial charge in [-0.2, -0.15) is 10.1 Å². The van der Waals surface area contributed by atoms with E-state index >= 15 is 0 Å². The molecule has 1 aliphatic heterocycles. The predicted octanol–water partition coefficient (Wildman–Crippen LogP) is 4.86. The van der Waals surface area contributed by atoms with Crippen LogP contribution >= 0.6 is 0 Å². The molecular weight excluding hydrogens is 501 g/mol. The standard InChI is InChI=1S/C27H38FN9O2/c1-9-19-13-21(30-18(4)23(19)28)32-25-29-14-20(24(33-25)31-22-12-16(2)35(8)34-22)36-10-11-37(17(3)15-36)26(38)39-27(5,6)7/h12-14,17H,9-11,15H2,1-8H3,(H2,29,30,31,32,33,34)/t17-/m1/s1. The molecule has 210 valence electrons. The van der Waals surface area contributed by atoms with Crippen LogP contribution in [-0.4, -0.2) is 67.0 Å². The fourth-order valence-corrected chi connectivity index (χ4v) is 4.43. The molecule has 1 fully saturated rings. The maximum Gasteiger partial charge on any atom is 0.410 e. The molecular formula is C27H38FN9O2. The summed E-state index contributed by atoms with van der Waals surface area (Å²) < 4.78 is 21.7. The molecule has 0 saturated carbocycles. The smallest absolute Gasteiger partial charge is 0.410 e. The molecule has 3 aromatic heterocycles. The number of ether oxygens (including phenoxy) is 1. The second-order valence-corrected chi connectivity index (χ2v) is 10.9. The van der Waals surface area contributed by atoms with Crippen molar-refractivity contribution in [3.8, 4) is 0 Å². The lowest BCUT2D eigenvalue weighted by Crippen LogP contribution is -2.55. The molecule has 1 amide bonds. The van der Waals surface area contributed by atoms with Crippen molar-refractivity contribution < 1.29 is 13.9 Å². The van der Waals surface area contributed by atoms with Crippen molar-refractivity contribution in [2.24, 2.45) is 7.05 Å². The Morgan fingerprint density at radius 2 is 1.90 bits per heavy atom. The summed E-state index contributed by atoms with van der Waals surface area (Å²) in [6, 6.07) is 3.52. The lowest BCUT2D eigenvalue weighted by atomic mass is 10.1. The molecule has 1 saturated heterocycles. The van der Waals surface area contributed by atoms with E-state index in [1.54, 1.807) is 28.8 Å². The van der Waals surface area contributed by atoms with Crippen molar-refractivity contribution in [3.63, 3.8) is 0 Å². The van der Waals surface area contributed by atoms with Crippen LogP contribution in [-0.2, 0) is 18.2 Å². The first-order valence-electron chi connectivity index (χ1n) is 13.2. The van der Waals surface area contributed by atoms with Crippen LogP contribution in [0.15, 0.2) is 18.3 Å². The Balaban J connectivity index is 1.61. The number of amides is 1. The number of piperazine rings is 1. The number of anilines is 5. The third-order valence-corrected chi connectivity index (χ3v) is 6.55. The van der Waals surface area contributed by atoms with Crippen molar-refractivity contribution >= 4 is 35.2 Å². The molecule has 0 unspecified atom stereocenters. The maximum atomic E-state index is 14.3. The van der Waals surface area contributed by atoms with Gasteiger partial charge in [-0.1, -0.05) is 6.92 Å². The van der Waals surface area contributed by atoms with Gasteiger partial charge in [0.05, 0.1) is 17.6 Å². The van der Waals surface area contributed by atoms with E-state index < -0.39 is 5.60 Å². The topological polar surface area (TPSA) is 113 Å². The van der Waals surface area contributed by atoms with Gasteiger partial charge in [0.25, 0.3) is 0 Å². The van der Waals surface area contributed by atoms with E-state index in [1.165, 1.54) is 0 Å². The molecule has 0 radical (unpaired) electrons. The van der Waals surface area contributed by atoms with Gasteiger partial charge in [0, 0.05) is 44.5 Å². The second kappa shape index (κ2) is 11.0. The van der Waals surface area contributed by atoms with E-state index in [-0.39, 0.29) is 18.0 Å². The average molecular weight is 540 g/mol. The SMILES string of the molecule is CCc1cc(Nc2ncc(N3CCN(C(=O)OC(C)(C)C)[C@H](C)C3)c(Nc3cc(C)n(C)n3)n2)nc(C)c1F. The lowest BCUT2D eigenvalue weighted by molar-refractivity contribution is 0.0159. The lowest BCUT2D eigenvalue weighted by Gasteiger charge is -2.41. The highest BCUT2D eigenvalue weighted by Crippen LogP contribution is 2.30. The minimum Gasteiger partial charge on any atom is -0.444 e. The average Bonchev–Trinajstić information content (AvgIpc) is 3.16. The third-order valence-electron chi connectivity index (χ3n) is 6.55. The Morgan fingerprint density at radius 3 is 2.51 bits per heavy atom. The highest BCUT2D eigenvalue weighted by Gasteiger charge is 2.32. The van der Waals surface area contributed by atoms with Gasteiger partial charge in [-0.3, -0.25) is 4.68 Å². The number of hydrogen-bond donors (Lipinski definition) is 2. The molecule has 1 aliphatic rings. The molecule has 2 N–H and O–H groups in total. The van der Waals surface area contributed by atoms with E-state index in [0.717, 1.165) is 11.4 Å². The van der Waals surface area contributed by atoms with Crippen LogP contribution in [0.2, 0.25) is 0 Å². The first kappa shape index (κ1) is 28.1. The number of carbonyl (C=O) groups is 1. The van der Waals surface area contributed by atoms with E-state index in [4.69, 9.17) is 9.72 Å². The van der Waals surface area contributed by atoms with Crippen LogP contribution < -0.4 is 15.5 Å². The first-order valence-corrected chi connectivity index (χ1v) is 13.2. The summed E-state index contributed by atoms with van der Waals surface area (Å²) in [5, 5.41) is 11.0. The molecule has 3 aromatic rings. The van der Waals surface area contributed by atoms with Gasteiger partial charge in [-0.15, -0.1) is 0 Å². The summed E-state index contributed by atoms with van der Waals surface area (Å²) in [6.45, 7) is 14.7. The quantitative estimate of drug-likeness (QED) is 0.453. The molecule has 0 spiro atoms. The highest BCUT2D eigenvalue weighted by molar-refractivity contribution is 5.73. The fraction of sp³-hybridized carbons (Fsp3) is 0.519. The summed E-state index contributed by atoms with van der Waals surface area (Å²) in [5.41, 5.74) is 2.09. The van der Waals surface area contributed by atoms with Crippen molar-refractivity contribution in [1.29, 1.82) is 0 Å². The van der Waals surface area contributed by atoms with Crippen LogP contribution in [0.1, 0.15) is 51.6 Å². The first-order chi connectivity index (χ1) is 18.3. The predicted molar refractivity (Wildman–Crippen MR) is 149 cm³/mol. The van der Waals surface area contributed by atoms with Gasteiger partial charge in [0.2, 0.25) is 5.95 Å². The second-order valence-electron chi connectivity index (χ2n) is 10.9. The van der Waals surface area contributed by atoms with Gasteiger partial charge >= 0.3 is 6.09 Å². The maximum absolute atomic E-state index is 14.3. The molecule has 0 aliphatic carbocycles. The summed E-state index contributed by atoms with van der Waals surface area (Å²) in [6.07, 6.45) is 1.96. The third kappa shape index (κ3) is 6.55. The zero-order valence-corrected chi connectivity index (χ0v) is 24.0. The Morgan fingerprint density at radius 1 is 1.15 bits per heavy atom. The molecule has 0 bridgehead atoms. The van der Waals surface area contributed by atoms with Crippen LogP contribution in [0, 0.1) is 19.7 Å². The highest BCUT2D eigenvalue weighted by atomic mass is 19.1. The van der Waals surface area contributed by atoms with Crippen LogP contribution in [0.4, 0.5) is 38.3 Å². The fourth-order valence-electron chi connectivity index (χ4n) is 4.43. The van der Waals surface area contributed by atoms with Crippen molar-refractivity contribution in [3.05, 3.63) is 41.1 Å².